The van der Waals surface area contributed by atoms with Crippen molar-refractivity contribution in [2.75, 3.05) is 5.32 Å². The van der Waals surface area contributed by atoms with Crippen LogP contribution >= 0.6 is 0 Å². The fourth-order valence-corrected chi connectivity index (χ4v) is 1.67. The van der Waals surface area contributed by atoms with Gasteiger partial charge in [0.05, 0.1) is 16.8 Å². The van der Waals surface area contributed by atoms with Crippen LogP contribution in [-0.4, -0.2) is 15.8 Å². The van der Waals surface area contributed by atoms with Crippen LogP contribution in [0.3, 0.4) is 0 Å². The third-order valence-corrected chi connectivity index (χ3v) is 2.53. The van der Waals surface area contributed by atoms with Gasteiger partial charge in [-0.05, 0) is 30.7 Å². The second-order valence-corrected chi connectivity index (χ2v) is 4.12. The Morgan fingerprint density at radius 1 is 1.35 bits per heavy atom. The highest BCUT2D eigenvalue weighted by Crippen LogP contribution is 2.21. The van der Waals surface area contributed by atoms with E-state index in [1.165, 1.54) is 6.20 Å². The van der Waals surface area contributed by atoms with Gasteiger partial charge in [0, 0.05) is 12.3 Å². The summed E-state index contributed by atoms with van der Waals surface area (Å²) in [6, 6.07) is 4.37. The summed E-state index contributed by atoms with van der Waals surface area (Å²) in [5, 5.41) is 13.3. The van der Waals surface area contributed by atoms with E-state index in [2.05, 4.69) is 10.3 Å². The second kappa shape index (κ2) is 5.43. The molecule has 0 saturated heterocycles. The Morgan fingerprint density at radius 3 is 2.75 bits per heavy atom. The lowest BCUT2D eigenvalue weighted by Crippen LogP contribution is -2.14. The first kappa shape index (κ1) is 13.6. The molecule has 1 heterocycles. The van der Waals surface area contributed by atoms with Gasteiger partial charge in [0.2, 0.25) is 0 Å². The SMILES string of the molecule is Cc1cncc(NC(=O)c2cc(F)ccc2[N+](=O)[O-])c1. The molecule has 0 saturated carbocycles. The van der Waals surface area contributed by atoms with Gasteiger partial charge in [0.15, 0.2) is 0 Å². The topological polar surface area (TPSA) is 85.1 Å². The lowest BCUT2D eigenvalue weighted by molar-refractivity contribution is -0.385. The number of halogens is 1. The van der Waals surface area contributed by atoms with Crippen molar-refractivity contribution in [2.45, 2.75) is 6.92 Å². The van der Waals surface area contributed by atoms with Crippen molar-refractivity contribution in [2.24, 2.45) is 0 Å². The lowest BCUT2D eigenvalue weighted by atomic mass is 10.1. The third kappa shape index (κ3) is 2.94. The van der Waals surface area contributed by atoms with Crippen LogP contribution in [0.5, 0.6) is 0 Å². The molecule has 0 aliphatic carbocycles. The van der Waals surface area contributed by atoms with Crippen LogP contribution in [0.4, 0.5) is 15.8 Å². The van der Waals surface area contributed by atoms with Crippen LogP contribution in [0.1, 0.15) is 15.9 Å². The number of nitro benzene ring substituents is 1. The summed E-state index contributed by atoms with van der Waals surface area (Å²) in [5.74, 6) is -1.48. The van der Waals surface area contributed by atoms with Gasteiger partial charge in [0.1, 0.15) is 11.4 Å². The van der Waals surface area contributed by atoms with Gasteiger partial charge < -0.3 is 5.32 Å². The van der Waals surface area contributed by atoms with Crippen LogP contribution in [0, 0.1) is 22.9 Å². The summed E-state index contributed by atoms with van der Waals surface area (Å²) in [6.07, 6.45) is 3.00. The molecule has 0 bridgehead atoms. The zero-order valence-electron chi connectivity index (χ0n) is 10.5. The molecule has 0 aliphatic rings. The first-order chi connectivity index (χ1) is 9.47. The lowest BCUT2D eigenvalue weighted by Gasteiger charge is -2.06. The predicted molar refractivity (Wildman–Crippen MR) is 70.0 cm³/mol. The highest BCUT2D eigenvalue weighted by molar-refractivity contribution is 6.07. The molecular formula is C13H10FN3O3. The first-order valence-corrected chi connectivity index (χ1v) is 5.64. The predicted octanol–water partition coefficient (Wildman–Crippen LogP) is 2.69. The highest BCUT2D eigenvalue weighted by Gasteiger charge is 2.21. The molecule has 0 unspecified atom stereocenters. The Labute approximate surface area is 113 Å². The molecule has 0 aliphatic heterocycles. The largest absolute Gasteiger partial charge is 0.320 e. The first-order valence-electron chi connectivity index (χ1n) is 5.64. The van der Waals surface area contributed by atoms with E-state index in [4.69, 9.17) is 0 Å². The van der Waals surface area contributed by atoms with Crippen LogP contribution < -0.4 is 5.32 Å². The van der Waals surface area contributed by atoms with E-state index in [9.17, 15) is 19.3 Å². The number of amides is 1. The van der Waals surface area contributed by atoms with Crippen LogP contribution in [0.2, 0.25) is 0 Å². The Morgan fingerprint density at radius 2 is 2.10 bits per heavy atom. The number of aromatic nitrogens is 1. The van der Waals surface area contributed by atoms with E-state index in [0.29, 0.717) is 5.69 Å². The summed E-state index contributed by atoms with van der Waals surface area (Å²) >= 11 is 0. The number of carbonyl (C=O) groups is 1. The Kier molecular flexibility index (Phi) is 3.69. The number of aryl methyl sites for hydroxylation is 1. The third-order valence-electron chi connectivity index (χ3n) is 2.53. The zero-order valence-corrected chi connectivity index (χ0v) is 10.5. The van der Waals surface area contributed by atoms with Crippen molar-refractivity contribution < 1.29 is 14.1 Å². The second-order valence-electron chi connectivity index (χ2n) is 4.12. The van der Waals surface area contributed by atoms with E-state index in [1.54, 1.807) is 19.2 Å². The fourth-order valence-electron chi connectivity index (χ4n) is 1.67. The van der Waals surface area contributed by atoms with Crippen molar-refractivity contribution in [3.05, 3.63) is 63.7 Å². The van der Waals surface area contributed by atoms with Gasteiger partial charge in [-0.3, -0.25) is 19.9 Å². The van der Waals surface area contributed by atoms with Crippen molar-refractivity contribution in [1.29, 1.82) is 0 Å². The number of hydrogen-bond donors (Lipinski definition) is 1. The van der Waals surface area contributed by atoms with Gasteiger partial charge in [-0.2, -0.15) is 0 Å². The average molecular weight is 275 g/mol. The van der Waals surface area contributed by atoms with Crippen LogP contribution in [0.25, 0.3) is 0 Å². The van der Waals surface area contributed by atoms with E-state index in [0.717, 1.165) is 23.8 Å². The van der Waals surface area contributed by atoms with Gasteiger partial charge in [0.25, 0.3) is 11.6 Å². The molecule has 1 aromatic heterocycles. The summed E-state index contributed by atoms with van der Waals surface area (Å²) in [5.41, 5.74) is 0.408. The average Bonchev–Trinajstić information content (AvgIpc) is 2.38. The van der Waals surface area contributed by atoms with E-state index >= 15 is 0 Å². The molecule has 102 valence electrons. The standard InChI is InChI=1S/C13H10FN3O3/c1-8-4-10(7-15-6-8)16-13(18)11-5-9(14)2-3-12(11)17(19)20/h2-7H,1H3,(H,16,18). The van der Waals surface area contributed by atoms with E-state index in [1.807, 2.05) is 0 Å². The molecular weight excluding hydrogens is 265 g/mol. The maximum Gasteiger partial charge on any atom is 0.282 e. The number of rotatable bonds is 3. The molecule has 0 spiro atoms. The molecule has 1 amide bonds. The normalized spacial score (nSPS) is 10.1. The summed E-state index contributed by atoms with van der Waals surface area (Å²) < 4.78 is 13.2. The number of anilines is 1. The summed E-state index contributed by atoms with van der Waals surface area (Å²) in [4.78, 5) is 26.0. The van der Waals surface area contributed by atoms with Gasteiger partial charge >= 0.3 is 0 Å². The number of nitrogens with one attached hydrogen (secondary N) is 1. The maximum absolute atomic E-state index is 13.2. The number of nitrogens with zero attached hydrogens (tertiary/aromatic N) is 2. The Bertz CT molecular complexity index is 688. The van der Waals surface area contributed by atoms with Gasteiger partial charge in [-0.25, -0.2) is 4.39 Å². The molecule has 0 atom stereocenters. The highest BCUT2D eigenvalue weighted by atomic mass is 19.1. The van der Waals surface area contributed by atoms with Crippen molar-refractivity contribution in [3.8, 4) is 0 Å². The molecule has 7 heteroatoms. The minimum absolute atomic E-state index is 0.337. The maximum atomic E-state index is 13.2. The summed E-state index contributed by atoms with van der Waals surface area (Å²) in [6.45, 7) is 1.79. The number of pyridine rings is 1. The fraction of sp³-hybridized carbons (Fsp3) is 0.0769. The molecule has 2 rings (SSSR count). The minimum Gasteiger partial charge on any atom is -0.320 e. The van der Waals surface area contributed by atoms with Gasteiger partial charge in [-0.15, -0.1) is 0 Å². The van der Waals surface area contributed by atoms with Gasteiger partial charge in [-0.1, -0.05) is 0 Å². The quantitative estimate of drug-likeness (QED) is 0.689. The van der Waals surface area contributed by atoms with Crippen molar-refractivity contribution in [1.82, 2.24) is 4.98 Å². The number of nitro groups is 1. The number of benzene rings is 1. The van der Waals surface area contributed by atoms with E-state index in [-0.39, 0.29) is 5.56 Å². The molecule has 1 aromatic carbocycles. The van der Waals surface area contributed by atoms with Crippen molar-refractivity contribution in [3.63, 3.8) is 0 Å². The molecule has 6 nitrogen and oxygen atoms in total. The van der Waals surface area contributed by atoms with E-state index < -0.39 is 22.3 Å². The van der Waals surface area contributed by atoms with Crippen molar-refractivity contribution >= 4 is 17.3 Å². The Balaban J connectivity index is 2.34. The zero-order chi connectivity index (χ0) is 14.7. The monoisotopic (exact) mass is 275 g/mol. The molecule has 2 aromatic rings. The molecule has 1 N–H and O–H groups in total. The Hall–Kier alpha value is -2.83. The van der Waals surface area contributed by atoms with Crippen LogP contribution in [-0.2, 0) is 0 Å². The number of carbonyl (C=O) groups excluding carboxylic acids is 1. The molecule has 0 fully saturated rings. The summed E-state index contributed by atoms with van der Waals surface area (Å²) in [7, 11) is 0. The molecule has 20 heavy (non-hydrogen) atoms. The smallest absolute Gasteiger partial charge is 0.282 e. The van der Waals surface area contributed by atoms with Crippen LogP contribution in [0.15, 0.2) is 36.7 Å². The molecule has 0 radical (unpaired) electrons. The number of hydrogen-bond acceptors (Lipinski definition) is 4. The minimum atomic E-state index is -0.761.